The molecule has 8 heteroatoms. The zero-order chi connectivity index (χ0) is 38.7. The molecule has 3 aromatic carbocycles. The molecule has 0 amide bonds. The summed E-state index contributed by atoms with van der Waals surface area (Å²) in [6.07, 6.45) is 13.6. The van der Waals surface area contributed by atoms with Crippen molar-refractivity contribution in [3.05, 3.63) is 60.7 Å². The van der Waals surface area contributed by atoms with Gasteiger partial charge in [-0.25, -0.2) is 15.0 Å². The number of methoxy groups -OCH3 is 1. The van der Waals surface area contributed by atoms with Crippen LogP contribution in [0.25, 0.3) is 34.2 Å². The number of ether oxygens (including phenoxy) is 4. The highest BCUT2D eigenvalue weighted by Gasteiger charge is 2.20. The molecule has 3 atom stereocenters. The maximum atomic E-state index is 11.4. The van der Waals surface area contributed by atoms with Gasteiger partial charge in [-0.1, -0.05) is 99.3 Å². The molecule has 4 aromatic rings. The lowest BCUT2D eigenvalue weighted by Crippen LogP contribution is -2.13. The summed E-state index contributed by atoms with van der Waals surface area (Å²) in [5, 5.41) is 11.4. The standard InChI is InChI=1S/C46H65N3O5/c1-8-14-17-33(11-4)30-52-38-24-26-40(42(50)28-38)45-47-44(36-20-22-37(51-7)23-21-36)48-46(49-45)41-27-25-39(53-31-34(12-5)18-15-9-2)29-43(41)54-32-35(13-6)19-16-10-3/h20-29,33-35,50H,8-19,30-32H2,1-7H3. The van der Waals surface area contributed by atoms with Crippen molar-refractivity contribution in [1.29, 1.82) is 0 Å². The third-order valence-electron chi connectivity index (χ3n) is 10.5. The van der Waals surface area contributed by atoms with Gasteiger partial charge in [0, 0.05) is 17.7 Å². The van der Waals surface area contributed by atoms with E-state index in [0.717, 1.165) is 67.6 Å². The Morgan fingerprint density at radius 2 is 0.963 bits per heavy atom. The Balaban J connectivity index is 1.76. The summed E-state index contributed by atoms with van der Waals surface area (Å²) in [6.45, 7) is 15.2. The summed E-state index contributed by atoms with van der Waals surface area (Å²) in [4.78, 5) is 14.9. The minimum Gasteiger partial charge on any atom is -0.507 e. The third-order valence-corrected chi connectivity index (χ3v) is 10.5. The lowest BCUT2D eigenvalue weighted by atomic mass is 10.0. The van der Waals surface area contributed by atoms with E-state index in [4.69, 9.17) is 33.9 Å². The van der Waals surface area contributed by atoms with Crippen LogP contribution in [0.5, 0.6) is 28.7 Å². The molecule has 1 N–H and O–H groups in total. The van der Waals surface area contributed by atoms with Gasteiger partial charge in [-0.15, -0.1) is 0 Å². The molecule has 0 spiro atoms. The highest BCUT2D eigenvalue weighted by atomic mass is 16.5. The minimum atomic E-state index is 0.0439. The number of hydrogen-bond donors (Lipinski definition) is 1. The van der Waals surface area contributed by atoms with Crippen LogP contribution in [0.4, 0.5) is 0 Å². The molecule has 4 rings (SSSR count). The lowest BCUT2D eigenvalue weighted by Gasteiger charge is -2.20. The van der Waals surface area contributed by atoms with Crippen LogP contribution >= 0.6 is 0 Å². The molecule has 54 heavy (non-hydrogen) atoms. The number of nitrogens with zero attached hydrogens (tertiary/aromatic N) is 3. The van der Waals surface area contributed by atoms with E-state index in [2.05, 4.69) is 41.5 Å². The van der Waals surface area contributed by atoms with Crippen LogP contribution in [0, 0.1) is 17.8 Å². The van der Waals surface area contributed by atoms with Gasteiger partial charge < -0.3 is 24.1 Å². The number of hydrogen-bond acceptors (Lipinski definition) is 8. The molecule has 0 aliphatic rings. The van der Waals surface area contributed by atoms with Gasteiger partial charge in [0.25, 0.3) is 0 Å². The van der Waals surface area contributed by atoms with E-state index in [1.807, 2.05) is 54.6 Å². The Hall–Kier alpha value is -4.33. The summed E-state index contributed by atoms with van der Waals surface area (Å²) < 4.78 is 24.6. The molecule has 8 nitrogen and oxygen atoms in total. The Morgan fingerprint density at radius 3 is 1.44 bits per heavy atom. The van der Waals surface area contributed by atoms with Crippen LogP contribution in [0.2, 0.25) is 0 Å². The van der Waals surface area contributed by atoms with Crippen molar-refractivity contribution in [2.45, 2.75) is 119 Å². The summed E-state index contributed by atoms with van der Waals surface area (Å²) in [5.41, 5.74) is 2.02. The van der Waals surface area contributed by atoms with Gasteiger partial charge in [0.05, 0.1) is 38.1 Å². The summed E-state index contributed by atoms with van der Waals surface area (Å²) >= 11 is 0. The molecule has 0 radical (unpaired) electrons. The first-order valence-corrected chi connectivity index (χ1v) is 20.6. The van der Waals surface area contributed by atoms with E-state index in [1.54, 1.807) is 13.2 Å². The second-order valence-corrected chi connectivity index (χ2v) is 14.6. The molecule has 1 heterocycles. The van der Waals surface area contributed by atoms with Crippen molar-refractivity contribution < 1.29 is 24.1 Å². The Morgan fingerprint density at radius 1 is 0.519 bits per heavy atom. The van der Waals surface area contributed by atoms with Gasteiger partial charge in [-0.2, -0.15) is 0 Å². The molecule has 0 aliphatic heterocycles. The topological polar surface area (TPSA) is 95.8 Å². The molecule has 0 bridgehead atoms. The second-order valence-electron chi connectivity index (χ2n) is 14.6. The molecular formula is C46H65N3O5. The number of phenols is 1. The Kier molecular flexibility index (Phi) is 17.9. The van der Waals surface area contributed by atoms with Gasteiger partial charge in [0.15, 0.2) is 17.5 Å². The van der Waals surface area contributed by atoms with E-state index in [-0.39, 0.29) is 5.75 Å². The van der Waals surface area contributed by atoms with Gasteiger partial charge in [-0.05, 0) is 85.5 Å². The van der Waals surface area contributed by atoms with Gasteiger partial charge in [0.1, 0.15) is 28.7 Å². The minimum absolute atomic E-state index is 0.0439. The van der Waals surface area contributed by atoms with E-state index in [0.29, 0.717) is 72.1 Å². The Bertz CT molecular complexity index is 1680. The predicted octanol–water partition coefficient (Wildman–Crippen LogP) is 12.4. The van der Waals surface area contributed by atoms with Crippen molar-refractivity contribution in [1.82, 2.24) is 15.0 Å². The van der Waals surface area contributed by atoms with Gasteiger partial charge >= 0.3 is 0 Å². The summed E-state index contributed by atoms with van der Waals surface area (Å²) in [7, 11) is 1.64. The van der Waals surface area contributed by atoms with Crippen LogP contribution < -0.4 is 18.9 Å². The van der Waals surface area contributed by atoms with Crippen LogP contribution in [0.15, 0.2) is 60.7 Å². The fourth-order valence-electron chi connectivity index (χ4n) is 6.50. The first-order chi connectivity index (χ1) is 26.3. The molecule has 294 valence electrons. The number of phenolic OH excluding ortho intramolecular Hbond substituents is 1. The first-order valence-electron chi connectivity index (χ1n) is 20.6. The molecular weight excluding hydrogens is 675 g/mol. The molecule has 0 aliphatic carbocycles. The van der Waals surface area contributed by atoms with Crippen molar-refractivity contribution in [3.63, 3.8) is 0 Å². The second kappa shape index (κ2) is 22.8. The van der Waals surface area contributed by atoms with Gasteiger partial charge in [-0.3, -0.25) is 0 Å². The van der Waals surface area contributed by atoms with Crippen LogP contribution in [0.1, 0.15) is 119 Å². The maximum Gasteiger partial charge on any atom is 0.167 e. The number of benzene rings is 3. The van der Waals surface area contributed by atoms with Crippen LogP contribution in [-0.2, 0) is 0 Å². The maximum absolute atomic E-state index is 11.4. The van der Waals surface area contributed by atoms with Crippen LogP contribution in [-0.4, -0.2) is 47.0 Å². The monoisotopic (exact) mass is 739 g/mol. The largest absolute Gasteiger partial charge is 0.507 e. The van der Waals surface area contributed by atoms with Gasteiger partial charge in [0.2, 0.25) is 0 Å². The quantitative estimate of drug-likeness (QED) is 0.0718. The zero-order valence-electron chi connectivity index (χ0n) is 34.0. The molecule has 0 saturated heterocycles. The summed E-state index contributed by atoms with van der Waals surface area (Å²) in [5.74, 6) is 5.53. The molecule has 3 unspecified atom stereocenters. The normalized spacial score (nSPS) is 12.9. The average Bonchev–Trinajstić information content (AvgIpc) is 3.21. The van der Waals surface area contributed by atoms with Crippen molar-refractivity contribution in [3.8, 4) is 62.9 Å². The summed E-state index contributed by atoms with van der Waals surface area (Å²) in [6, 6.07) is 18.9. The van der Waals surface area contributed by atoms with E-state index in [1.165, 1.54) is 32.1 Å². The smallest absolute Gasteiger partial charge is 0.167 e. The molecule has 0 saturated carbocycles. The average molecular weight is 740 g/mol. The van der Waals surface area contributed by atoms with E-state index < -0.39 is 0 Å². The van der Waals surface area contributed by atoms with Crippen LogP contribution in [0.3, 0.4) is 0 Å². The zero-order valence-corrected chi connectivity index (χ0v) is 34.0. The number of unbranched alkanes of at least 4 members (excludes halogenated alkanes) is 3. The first kappa shape index (κ1) is 42.4. The number of aromatic nitrogens is 3. The van der Waals surface area contributed by atoms with E-state index >= 15 is 0 Å². The fourth-order valence-corrected chi connectivity index (χ4v) is 6.50. The predicted molar refractivity (Wildman–Crippen MR) is 221 cm³/mol. The van der Waals surface area contributed by atoms with Crippen molar-refractivity contribution in [2.75, 3.05) is 26.9 Å². The van der Waals surface area contributed by atoms with E-state index in [9.17, 15) is 5.11 Å². The highest BCUT2D eigenvalue weighted by molar-refractivity contribution is 5.73. The lowest BCUT2D eigenvalue weighted by molar-refractivity contribution is 0.223. The molecule has 0 fully saturated rings. The third kappa shape index (κ3) is 12.6. The van der Waals surface area contributed by atoms with Crippen molar-refractivity contribution in [2.24, 2.45) is 17.8 Å². The fraction of sp³-hybridized carbons (Fsp3) is 0.543. The SMILES string of the molecule is CCCCC(CC)COc1ccc(-c2nc(-c3ccc(OC)cc3)nc(-c3ccc(OCC(CC)CCCC)cc3OCC(CC)CCCC)n2)c(O)c1. The number of rotatable bonds is 25. The van der Waals surface area contributed by atoms with Crippen molar-refractivity contribution >= 4 is 0 Å². The Labute approximate surface area is 325 Å². The number of aromatic hydroxyl groups is 1. The highest BCUT2D eigenvalue weighted by Crippen LogP contribution is 2.37. The molecule has 1 aromatic heterocycles.